The largest absolute Gasteiger partial charge is 0.366 e. The number of hydrogen-bond acceptors (Lipinski definition) is 5. The molecular formula is C23H32ClN3O3S2. The molecule has 0 saturated carbocycles. The molecule has 6 nitrogen and oxygen atoms in total. The Labute approximate surface area is 200 Å². The van der Waals surface area contributed by atoms with Crippen molar-refractivity contribution >= 4 is 38.9 Å². The van der Waals surface area contributed by atoms with Crippen LogP contribution < -0.4 is 11.1 Å². The summed E-state index contributed by atoms with van der Waals surface area (Å²) in [5.74, 6) is -0.517. The van der Waals surface area contributed by atoms with Crippen molar-refractivity contribution in [2.24, 2.45) is 5.73 Å². The number of sulfonamides is 1. The van der Waals surface area contributed by atoms with Gasteiger partial charge < -0.3 is 11.1 Å². The first-order chi connectivity index (χ1) is 15.3. The minimum atomic E-state index is -3.50. The molecule has 0 spiro atoms. The lowest BCUT2D eigenvalue weighted by Crippen LogP contribution is -2.44. The number of primary amides is 1. The van der Waals surface area contributed by atoms with Crippen molar-refractivity contribution in [2.45, 2.75) is 62.1 Å². The van der Waals surface area contributed by atoms with Crippen LogP contribution in [0.5, 0.6) is 0 Å². The molecule has 1 amide bonds. The van der Waals surface area contributed by atoms with Gasteiger partial charge in [-0.3, -0.25) is 4.79 Å². The Bertz CT molecular complexity index is 1020. The van der Waals surface area contributed by atoms with Gasteiger partial charge in [-0.15, -0.1) is 11.3 Å². The van der Waals surface area contributed by atoms with Gasteiger partial charge in [0.05, 0.1) is 0 Å². The number of rotatable bonds is 11. The average molecular weight is 498 g/mol. The second-order valence-electron chi connectivity index (χ2n) is 8.26. The number of piperidine rings is 1. The molecule has 0 atom stereocenters. The van der Waals surface area contributed by atoms with Gasteiger partial charge in [-0.25, -0.2) is 8.42 Å². The number of hydrogen-bond donors (Lipinski definition) is 2. The fraction of sp³-hybridized carbons (Fsp3) is 0.522. The van der Waals surface area contributed by atoms with E-state index in [0.29, 0.717) is 40.3 Å². The van der Waals surface area contributed by atoms with E-state index in [1.54, 1.807) is 28.6 Å². The number of benzene rings is 1. The molecule has 32 heavy (non-hydrogen) atoms. The van der Waals surface area contributed by atoms with Crippen molar-refractivity contribution < 1.29 is 13.2 Å². The molecule has 2 aromatic rings. The zero-order valence-electron chi connectivity index (χ0n) is 18.5. The minimum Gasteiger partial charge on any atom is -0.366 e. The number of unbranched alkanes of at least 4 members (excludes halogenated alkanes) is 3. The number of halogens is 1. The third kappa shape index (κ3) is 6.54. The van der Waals surface area contributed by atoms with E-state index in [9.17, 15) is 13.2 Å². The maximum atomic E-state index is 13.1. The van der Waals surface area contributed by atoms with Crippen molar-refractivity contribution in [3.05, 3.63) is 51.4 Å². The summed E-state index contributed by atoms with van der Waals surface area (Å²) in [6.07, 6.45) is 7.04. The first-order valence-corrected chi connectivity index (χ1v) is 13.8. The first-order valence-electron chi connectivity index (χ1n) is 11.2. The van der Waals surface area contributed by atoms with Crippen LogP contribution in [0, 0.1) is 0 Å². The number of amides is 1. The van der Waals surface area contributed by atoms with E-state index < -0.39 is 15.9 Å². The van der Waals surface area contributed by atoms with Gasteiger partial charge in [0.25, 0.3) is 10.0 Å². The summed E-state index contributed by atoms with van der Waals surface area (Å²) in [6.45, 7) is 4.28. The van der Waals surface area contributed by atoms with Gasteiger partial charge in [0.1, 0.15) is 4.21 Å². The monoisotopic (exact) mass is 497 g/mol. The maximum absolute atomic E-state index is 13.1. The van der Waals surface area contributed by atoms with Crippen LogP contribution in [0.2, 0.25) is 5.02 Å². The van der Waals surface area contributed by atoms with E-state index in [-0.39, 0.29) is 0 Å². The summed E-state index contributed by atoms with van der Waals surface area (Å²) in [6, 6.07) is 8.77. The number of carbonyl (C=O) groups is 1. The zero-order valence-corrected chi connectivity index (χ0v) is 20.9. The Morgan fingerprint density at radius 1 is 1.19 bits per heavy atom. The Morgan fingerprint density at radius 2 is 1.94 bits per heavy atom. The van der Waals surface area contributed by atoms with Gasteiger partial charge in [-0.05, 0) is 61.7 Å². The highest BCUT2D eigenvalue weighted by Gasteiger charge is 2.30. The normalized spacial score (nSPS) is 15.8. The summed E-state index contributed by atoms with van der Waals surface area (Å²) in [7, 11) is -3.50. The van der Waals surface area contributed by atoms with Gasteiger partial charge in [-0.1, -0.05) is 37.8 Å². The lowest BCUT2D eigenvalue weighted by atomic mass is 10.1. The summed E-state index contributed by atoms with van der Waals surface area (Å²) in [5, 5.41) is 4.10. The molecule has 1 saturated heterocycles. The summed E-state index contributed by atoms with van der Waals surface area (Å²) in [4.78, 5) is 12.3. The molecule has 176 valence electrons. The molecule has 2 heterocycles. The predicted octanol–water partition coefficient (Wildman–Crippen LogP) is 4.41. The van der Waals surface area contributed by atoms with E-state index in [4.69, 9.17) is 17.3 Å². The molecule has 0 radical (unpaired) electrons. The third-order valence-corrected chi connectivity index (χ3v) is 9.66. The Balaban J connectivity index is 1.58. The number of nitrogens with zero attached hydrogens (tertiary/aromatic N) is 1. The Kier molecular flexibility index (Phi) is 9.13. The minimum absolute atomic E-state index is 0.348. The van der Waals surface area contributed by atoms with Gasteiger partial charge in [0.15, 0.2) is 0 Å². The highest BCUT2D eigenvalue weighted by molar-refractivity contribution is 7.91. The number of thiophene rings is 1. The van der Waals surface area contributed by atoms with Crippen LogP contribution in [0.25, 0.3) is 0 Å². The van der Waals surface area contributed by atoms with Crippen molar-refractivity contribution in [3.8, 4) is 0 Å². The molecular weight excluding hydrogens is 466 g/mol. The Morgan fingerprint density at radius 3 is 2.62 bits per heavy atom. The van der Waals surface area contributed by atoms with Gasteiger partial charge in [0, 0.05) is 41.0 Å². The average Bonchev–Trinajstić information content (AvgIpc) is 3.25. The maximum Gasteiger partial charge on any atom is 0.252 e. The molecule has 1 aliphatic rings. The van der Waals surface area contributed by atoms with Crippen molar-refractivity contribution in [1.29, 1.82) is 0 Å². The van der Waals surface area contributed by atoms with Gasteiger partial charge >= 0.3 is 0 Å². The first kappa shape index (κ1) is 25.2. The van der Waals surface area contributed by atoms with Gasteiger partial charge in [0.2, 0.25) is 5.91 Å². The molecule has 1 fully saturated rings. The summed E-state index contributed by atoms with van der Waals surface area (Å²) >= 11 is 7.52. The zero-order chi connectivity index (χ0) is 23.1. The molecule has 1 aromatic carbocycles. The molecule has 1 aromatic heterocycles. The number of nitrogens with two attached hydrogens (primary N) is 1. The molecule has 9 heteroatoms. The van der Waals surface area contributed by atoms with Crippen LogP contribution in [-0.4, -0.2) is 44.3 Å². The smallest absolute Gasteiger partial charge is 0.252 e. The van der Waals surface area contributed by atoms with Crippen molar-refractivity contribution in [1.82, 2.24) is 9.62 Å². The summed E-state index contributed by atoms with van der Waals surface area (Å²) < 4.78 is 28.2. The van der Waals surface area contributed by atoms with E-state index in [0.717, 1.165) is 29.8 Å². The van der Waals surface area contributed by atoms with Crippen LogP contribution in [0.15, 0.2) is 34.5 Å². The van der Waals surface area contributed by atoms with Gasteiger partial charge in [-0.2, -0.15) is 4.31 Å². The van der Waals surface area contributed by atoms with Crippen LogP contribution in [0.4, 0.5) is 0 Å². The molecule has 1 aliphatic heterocycles. The van der Waals surface area contributed by atoms with E-state index in [1.807, 2.05) is 6.07 Å². The topological polar surface area (TPSA) is 92.5 Å². The van der Waals surface area contributed by atoms with E-state index in [1.165, 1.54) is 37.0 Å². The Hall–Kier alpha value is -1.45. The summed E-state index contributed by atoms with van der Waals surface area (Å²) in [5.41, 5.74) is 6.49. The van der Waals surface area contributed by atoms with Crippen LogP contribution in [0.3, 0.4) is 0 Å². The van der Waals surface area contributed by atoms with E-state index in [2.05, 4.69) is 12.2 Å². The second kappa shape index (κ2) is 11.6. The number of nitrogens with one attached hydrogen (secondary N) is 1. The third-order valence-electron chi connectivity index (χ3n) is 5.84. The highest BCUT2D eigenvalue weighted by Crippen LogP contribution is 2.30. The SMILES string of the molecule is CCCCCCNC1CCN(S(=O)(=O)c2ccc(Cc3cc(C(N)=O)ccc3Cl)s2)CC1. The molecule has 0 bridgehead atoms. The van der Waals surface area contributed by atoms with Crippen LogP contribution in [-0.2, 0) is 16.4 Å². The lowest BCUT2D eigenvalue weighted by Gasteiger charge is -2.31. The molecule has 0 aliphatic carbocycles. The lowest BCUT2D eigenvalue weighted by molar-refractivity contribution is 0.1000. The predicted molar refractivity (Wildman–Crippen MR) is 131 cm³/mol. The quantitative estimate of drug-likeness (QED) is 0.449. The van der Waals surface area contributed by atoms with E-state index >= 15 is 0 Å². The highest BCUT2D eigenvalue weighted by atomic mass is 35.5. The van der Waals surface area contributed by atoms with Crippen LogP contribution >= 0.6 is 22.9 Å². The molecule has 3 rings (SSSR count). The molecule has 0 unspecified atom stereocenters. The second-order valence-corrected chi connectivity index (χ2v) is 12.0. The fourth-order valence-corrected chi connectivity index (χ4v) is 7.12. The van der Waals surface area contributed by atoms with Crippen molar-refractivity contribution in [2.75, 3.05) is 19.6 Å². The molecule has 3 N–H and O–H groups in total. The van der Waals surface area contributed by atoms with Crippen LogP contribution in [0.1, 0.15) is 66.2 Å². The standard InChI is InChI=1S/C23H32ClN3O3S2/c1-2-3-4-5-12-26-19-10-13-27(14-11-19)32(29,30)22-9-7-20(31-22)16-18-15-17(23(25)28)6-8-21(18)24/h6-9,15,19,26H,2-5,10-14,16H2,1H3,(H2,25,28). The fourth-order valence-electron chi connectivity index (χ4n) is 3.93. The number of carbonyl (C=O) groups excluding carboxylic acids is 1. The van der Waals surface area contributed by atoms with Crippen molar-refractivity contribution in [3.63, 3.8) is 0 Å².